The van der Waals surface area contributed by atoms with Gasteiger partial charge in [-0.3, -0.25) is 4.79 Å². The van der Waals surface area contributed by atoms with Gasteiger partial charge in [0, 0.05) is 37.5 Å². The fourth-order valence-electron chi connectivity index (χ4n) is 2.65. The zero-order chi connectivity index (χ0) is 17.3. The predicted octanol–water partition coefficient (Wildman–Crippen LogP) is 1.17. The summed E-state index contributed by atoms with van der Waals surface area (Å²) in [6.45, 7) is 6.90. The number of carbonyl (C=O) groups excluding carboxylic acids is 1. The molecule has 1 aliphatic rings. The minimum atomic E-state index is -3.47. The van der Waals surface area contributed by atoms with Crippen LogP contribution >= 0.6 is 11.3 Å². The summed E-state index contributed by atoms with van der Waals surface area (Å²) in [7, 11) is -3.47. The Morgan fingerprint density at radius 2 is 2.17 bits per heavy atom. The molecule has 0 aliphatic carbocycles. The van der Waals surface area contributed by atoms with E-state index >= 15 is 0 Å². The summed E-state index contributed by atoms with van der Waals surface area (Å²) < 4.78 is 27.5. The molecule has 0 spiro atoms. The third kappa shape index (κ3) is 4.32. The molecule has 1 unspecified atom stereocenters. The lowest BCUT2D eigenvalue weighted by atomic mass is 9.81. The highest BCUT2D eigenvalue weighted by Crippen LogP contribution is 2.33. The van der Waals surface area contributed by atoms with E-state index in [0.717, 1.165) is 4.88 Å². The fraction of sp³-hybridized carbons (Fsp3) is 0.667. The Hall–Kier alpha value is -0.960. The molecule has 0 aromatic carbocycles. The molecule has 0 saturated carbocycles. The highest BCUT2D eigenvalue weighted by molar-refractivity contribution is 7.91. The van der Waals surface area contributed by atoms with Gasteiger partial charge >= 0.3 is 0 Å². The van der Waals surface area contributed by atoms with Gasteiger partial charge in [0.25, 0.3) is 10.0 Å². The summed E-state index contributed by atoms with van der Waals surface area (Å²) in [6.07, 6.45) is 1.31. The van der Waals surface area contributed by atoms with Crippen LogP contribution < -0.4 is 11.1 Å². The van der Waals surface area contributed by atoms with E-state index in [0.29, 0.717) is 36.7 Å². The van der Waals surface area contributed by atoms with E-state index in [9.17, 15) is 13.2 Å². The van der Waals surface area contributed by atoms with Crippen molar-refractivity contribution in [2.24, 2.45) is 11.1 Å². The summed E-state index contributed by atoms with van der Waals surface area (Å²) in [6, 6.07) is 3.50. The van der Waals surface area contributed by atoms with Gasteiger partial charge < -0.3 is 11.1 Å². The Kier molecular flexibility index (Phi) is 5.50. The van der Waals surface area contributed by atoms with Gasteiger partial charge in [-0.15, -0.1) is 11.3 Å². The third-order valence-electron chi connectivity index (χ3n) is 4.25. The van der Waals surface area contributed by atoms with Crippen LogP contribution in [0.3, 0.4) is 0 Å². The first kappa shape index (κ1) is 18.4. The second kappa shape index (κ2) is 6.88. The molecular weight excluding hydrogens is 334 g/mol. The topological polar surface area (TPSA) is 92.5 Å². The van der Waals surface area contributed by atoms with Gasteiger partial charge in [-0.2, -0.15) is 4.31 Å². The Morgan fingerprint density at radius 1 is 1.48 bits per heavy atom. The van der Waals surface area contributed by atoms with Gasteiger partial charge in [0.1, 0.15) is 4.21 Å². The van der Waals surface area contributed by atoms with E-state index in [-0.39, 0.29) is 17.4 Å². The van der Waals surface area contributed by atoms with Crippen molar-refractivity contribution in [2.45, 2.75) is 43.9 Å². The number of rotatable bonds is 5. The number of piperidine rings is 1. The van der Waals surface area contributed by atoms with Crippen LogP contribution in [0.4, 0.5) is 0 Å². The molecule has 8 heteroatoms. The minimum absolute atomic E-state index is 0.0190. The van der Waals surface area contributed by atoms with Crippen LogP contribution in [-0.4, -0.2) is 44.3 Å². The van der Waals surface area contributed by atoms with E-state index in [4.69, 9.17) is 5.73 Å². The van der Waals surface area contributed by atoms with E-state index < -0.39 is 10.0 Å². The molecule has 1 aromatic heterocycles. The number of nitrogens with one attached hydrogen (secondary N) is 1. The molecule has 3 N–H and O–H groups in total. The fourth-order valence-corrected chi connectivity index (χ4v) is 5.79. The Morgan fingerprint density at radius 3 is 2.78 bits per heavy atom. The molecule has 1 fully saturated rings. The molecule has 130 valence electrons. The first-order valence-corrected chi connectivity index (χ1v) is 9.97. The number of sulfonamides is 1. The smallest absolute Gasteiger partial charge is 0.252 e. The van der Waals surface area contributed by atoms with Gasteiger partial charge in [0.05, 0.1) is 0 Å². The second-order valence-electron chi connectivity index (χ2n) is 6.68. The normalized spacial score (nSPS) is 22.0. The standard InChI is InChI=1S/C15H25N3O3S2/c1-11(19)17-8-6-12-4-5-14(22-12)23(20,21)18-9-7-13(16)15(2,3)10-18/h4-5,13H,6-10,16H2,1-3H3,(H,17,19). The number of thiophene rings is 1. The summed E-state index contributed by atoms with van der Waals surface area (Å²) in [5.74, 6) is -0.0821. The van der Waals surface area contributed by atoms with E-state index in [1.165, 1.54) is 18.3 Å². The van der Waals surface area contributed by atoms with E-state index in [1.54, 1.807) is 10.4 Å². The van der Waals surface area contributed by atoms with Gasteiger partial charge in [-0.05, 0) is 30.4 Å². The molecular formula is C15H25N3O3S2. The maximum absolute atomic E-state index is 12.8. The van der Waals surface area contributed by atoms with Crippen LogP contribution in [0.2, 0.25) is 0 Å². The van der Waals surface area contributed by atoms with Crippen molar-refractivity contribution in [2.75, 3.05) is 19.6 Å². The van der Waals surface area contributed by atoms with Crippen LogP contribution in [0.1, 0.15) is 32.1 Å². The number of amides is 1. The maximum atomic E-state index is 12.8. The highest BCUT2D eigenvalue weighted by Gasteiger charge is 2.39. The highest BCUT2D eigenvalue weighted by atomic mass is 32.2. The third-order valence-corrected chi connectivity index (χ3v) is 7.71. The van der Waals surface area contributed by atoms with Gasteiger partial charge in [-0.25, -0.2) is 8.42 Å². The van der Waals surface area contributed by atoms with Crippen LogP contribution in [0.5, 0.6) is 0 Å². The number of nitrogens with zero attached hydrogens (tertiary/aromatic N) is 1. The molecule has 1 saturated heterocycles. The maximum Gasteiger partial charge on any atom is 0.252 e. The van der Waals surface area contributed by atoms with Crippen molar-refractivity contribution in [3.05, 3.63) is 17.0 Å². The summed E-state index contributed by atoms with van der Waals surface area (Å²) >= 11 is 1.27. The van der Waals surface area contributed by atoms with Gasteiger partial charge in [0.2, 0.25) is 5.91 Å². The Labute approximate surface area is 142 Å². The van der Waals surface area contributed by atoms with Crippen molar-refractivity contribution in [3.8, 4) is 0 Å². The monoisotopic (exact) mass is 359 g/mol. The Balaban J connectivity index is 2.08. The van der Waals surface area contributed by atoms with Crippen LogP contribution in [-0.2, 0) is 21.2 Å². The molecule has 1 aliphatic heterocycles. The first-order chi connectivity index (χ1) is 10.6. The molecule has 23 heavy (non-hydrogen) atoms. The molecule has 1 atom stereocenters. The summed E-state index contributed by atoms with van der Waals surface area (Å²) in [5, 5.41) is 2.71. The molecule has 2 rings (SSSR count). The van der Waals surface area contributed by atoms with Crippen molar-refractivity contribution in [1.82, 2.24) is 9.62 Å². The molecule has 1 aromatic rings. The minimum Gasteiger partial charge on any atom is -0.356 e. The molecule has 0 radical (unpaired) electrons. The lowest BCUT2D eigenvalue weighted by molar-refractivity contribution is -0.118. The lowest BCUT2D eigenvalue weighted by Gasteiger charge is -2.41. The van der Waals surface area contributed by atoms with Crippen molar-refractivity contribution in [1.29, 1.82) is 0 Å². The summed E-state index contributed by atoms with van der Waals surface area (Å²) in [5.41, 5.74) is 5.86. The molecule has 0 bridgehead atoms. The Bertz CT molecular complexity index is 667. The number of nitrogens with two attached hydrogens (primary N) is 1. The number of carbonyl (C=O) groups is 1. The average Bonchev–Trinajstić information content (AvgIpc) is 2.91. The second-order valence-corrected chi connectivity index (χ2v) is 10.0. The van der Waals surface area contributed by atoms with Crippen molar-refractivity contribution in [3.63, 3.8) is 0 Å². The SMILES string of the molecule is CC(=O)NCCc1ccc(S(=O)(=O)N2CCC(N)C(C)(C)C2)s1. The average molecular weight is 360 g/mol. The van der Waals surface area contributed by atoms with Crippen LogP contribution in [0.15, 0.2) is 16.3 Å². The zero-order valence-corrected chi connectivity index (χ0v) is 15.5. The number of hydrogen-bond acceptors (Lipinski definition) is 5. The molecule has 6 nitrogen and oxygen atoms in total. The molecule has 1 amide bonds. The first-order valence-electron chi connectivity index (χ1n) is 7.72. The van der Waals surface area contributed by atoms with E-state index in [1.807, 2.05) is 19.9 Å². The van der Waals surface area contributed by atoms with Crippen LogP contribution in [0, 0.1) is 5.41 Å². The van der Waals surface area contributed by atoms with Crippen molar-refractivity contribution >= 4 is 27.3 Å². The predicted molar refractivity (Wildman–Crippen MR) is 91.8 cm³/mol. The molecule has 2 heterocycles. The van der Waals surface area contributed by atoms with Gasteiger partial charge in [-0.1, -0.05) is 13.8 Å². The zero-order valence-electron chi connectivity index (χ0n) is 13.8. The van der Waals surface area contributed by atoms with Crippen LogP contribution in [0.25, 0.3) is 0 Å². The largest absolute Gasteiger partial charge is 0.356 e. The summed E-state index contributed by atoms with van der Waals surface area (Å²) in [4.78, 5) is 11.8. The van der Waals surface area contributed by atoms with Crippen molar-refractivity contribution < 1.29 is 13.2 Å². The van der Waals surface area contributed by atoms with E-state index in [2.05, 4.69) is 5.32 Å². The quantitative estimate of drug-likeness (QED) is 0.825. The van der Waals surface area contributed by atoms with Gasteiger partial charge in [0.15, 0.2) is 0 Å². The number of hydrogen-bond donors (Lipinski definition) is 2. The lowest BCUT2D eigenvalue weighted by Crippen LogP contribution is -2.53.